The molecule has 0 unspecified atom stereocenters. The lowest BCUT2D eigenvalue weighted by Gasteiger charge is -2.24. The summed E-state index contributed by atoms with van der Waals surface area (Å²) in [4.78, 5) is 12.8. The van der Waals surface area contributed by atoms with Gasteiger partial charge in [-0.15, -0.1) is 0 Å². The molecule has 1 aliphatic rings. The summed E-state index contributed by atoms with van der Waals surface area (Å²) in [6.45, 7) is 1.63. The molecule has 16 heavy (non-hydrogen) atoms. The second-order valence-corrected chi connectivity index (χ2v) is 4.38. The molecular formula is C10H17F3N2O. The summed E-state index contributed by atoms with van der Waals surface area (Å²) < 4.78 is 36.2. The average Bonchev–Trinajstić information content (AvgIpc) is 2.93. The van der Waals surface area contributed by atoms with E-state index in [1.54, 1.807) is 0 Å². The van der Waals surface area contributed by atoms with Crippen molar-refractivity contribution in [3.05, 3.63) is 0 Å². The number of hydrogen-bond donors (Lipinski definition) is 1. The van der Waals surface area contributed by atoms with Crippen LogP contribution < -0.4 is 5.73 Å². The second-order valence-electron chi connectivity index (χ2n) is 4.38. The van der Waals surface area contributed by atoms with Crippen LogP contribution >= 0.6 is 0 Å². The highest BCUT2D eigenvalue weighted by Crippen LogP contribution is 2.30. The Labute approximate surface area is 92.8 Å². The molecule has 0 aromatic heterocycles. The van der Waals surface area contributed by atoms with Crippen LogP contribution in [-0.4, -0.2) is 36.1 Å². The minimum absolute atomic E-state index is 0.277. The largest absolute Gasteiger partial charge is 0.390 e. The molecule has 0 aliphatic heterocycles. The zero-order chi connectivity index (χ0) is 12.3. The van der Waals surface area contributed by atoms with Crippen molar-refractivity contribution in [2.24, 2.45) is 11.7 Å². The molecule has 0 aromatic carbocycles. The molecule has 1 amide bonds. The molecule has 1 saturated carbocycles. The van der Waals surface area contributed by atoms with Gasteiger partial charge in [0.05, 0.1) is 12.5 Å². The maximum Gasteiger partial charge on any atom is 0.390 e. The van der Waals surface area contributed by atoms with Gasteiger partial charge in [0.1, 0.15) is 0 Å². The third-order valence-corrected chi connectivity index (χ3v) is 2.54. The molecule has 2 N–H and O–H groups in total. The van der Waals surface area contributed by atoms with Crippen molar-refractivity contribution in [3.8, 4) is 0 Å². The number of alkyl halides is 3. The number of nitrogens with zero attached hydrogens (tertiary/aromatic N) is 1. The molecule has 3 nitrogen and oxygen atoms in total. The number of hydrogen-bond acceptors (Lipinski definition) is 2. The molecule has 1 fully saturated rings. The lowest BCUT2D eigenvalue weighted by atomic mass is 10.2. The minimum Gasteiger partial charge on any atom is -0.341 e. The Morgan fingerprint density at radius 2 is 2.06 bits per heavy atom. The maximum absolute atomic E-state index is 12.1. The van der Waals surface area contributed by atoms with E-state index in [9.17, 15) is 18.0 Å². The zero-order valence-electron chi connectivity index (χ0n) is 9.26. The molecule has 1 aliphatic carbocycles. The van der Waals surface area contributed by atoms with E-state index in [-0.39, 0.29) is 6.54 Å². The Kier molecular flexibility index (Phi) is 4.18. The SMILES string of the molecule is C[C@H](N)C(=O)N(CCC(F)(F)F)CC1CC1. The summed E-state index contributed by atoms with van der Waals surface area (Å²) in [7, 11) is 0. The van der Waals surface area contributed by atoms with Gasteiger partial charge in [0.15, 0.2) is 0 Å². The summed E-state index contributed by atoms with van der Waals surface area (Å²) in [5.41, 5.74) is 5.40. The van der Waals surface area contributed by atoms with Gasteiger partial charge in [-0.1, -0.05) is 0 Å². The third kappa shape index (κ3) is 4.83. The minimum atomic E-state index is -4.22. The van der Waals surface area contributed by atoms with Crippen LogP contribution in [0.3, 0.4) is 0 Å². The quantitative estimate of drug-likeness (QED) is 0.789. The molecule has 94 valence electrons. The van der Waals surface area contributed by atoms with E-state index in [0.717, 1.165) is 12.8 Å². The van der Waals surface area contributed by atoms with Gasteiger partial charge >= 0.3 is 6.18 Å². The van der Waals surface area contributed by atoms with Crippen LogP contribution in [0.25, 0.3) is 0 Å². The maximum atomic E-state index is 12.1. The molecule has 6 heteroatoms. The van der Waals surface area contributed by atoms with Gasteiger partial charge in [-0.2, -0.15) is 13.2 Å². The van der Waals surface area contributed by atoms with Crippen molar-refractivity contribution in [3.63, 3.8) is 0 Å². The number of carbonyl (C=O) groups is 1. The van der Waals surface area contributed by atoms with E-state index in [1.165, 1.54) is 11.8 Å². The normalized spacial score (nSPS) is 18.3. The van der Waals surface area contributed by atoms with Gasteiger partial charge in [-0.25, -0.2) is 0 Å². The van der Waals surface area contributed by atoms with Crippen LogP contribution in [0, 0.1) is 5.92 Å². The Hall–Kier alpha value is -0.780. The van der Waals surface area contributed by atoms with Crippen LogP contribution in [0.4, 0.5) is 13.2 Å². The van der Waals surface area contributed by atoms with Gasteiger partial charge in [-0.05, 0) is 25.7 Å². The lowest BCUT2D eigenvalue weighted by molar-refractivity contribution is -0.146. The average molecular weight is 238 g/mol. The fourth-order valence-corrected chi connectivity index (χ4v) is 1.45. The first-order valence-corrected chi connectivity index (χ1v) is 5.40. The van der Waals surface area contributed by atoms with E-state index in [4.69, 9.17) is 5.73 Å². The predicted molar refractivity (Wildman–Crippen MR) is 53.6 cm³/mol. The Balaban J connectivity index is 2.46. The second kappa shape index (κ2) is 5.03. The number of halogens is 3. The van der Waals surface area contributed by atoms with E-state index in [1.807, 2.05) is 0 Å². The monoisotopic (exact) mass is 238 g/mol. The zero-order valence-corrected chi connectivity index (χ0v) is 9.26. The highest BCUT2D eigenvalue weighted by atomic mass is 19.4. The first kappa shape index (κ1) is 13.3. The van der Waals surface area contributed by atoms with Gasteiger partial charge in [0, 0.05) is 13.1 Å². The first-order chi connectivity index (χ1) is 7.29. The molecule has 0 bridgehead atoms. The van der Waals surface area contributed by atoms with Crippen molar-refractivity contribution < 1.29 is 18.0 Å². The fourth-order valence-electron chi connectivity index (χ4n) is 1.45. The topological polar surface area (TPSA) is 46.3 Å². The van der Waals surface area contributed by atoms with Crippen LogP contribution in [0.1, 0.15) is 26.2 Å². The summed E-state index contributed by atoms with van der Waals surface area (Å²) in [5, 5.41) is 0. The number of nitrogens with two attached hydrogens (primary N) is 1. The van der Waals surface area contributed by atoms with E-state index in [0.29, 0.717) is 12.5 Å². The first-order valence-electron chi connectivity index (χ1n) is 5.40. The molecule has 0 aromatic rings. The van der Waals surface area contributed by atoms with Gasteiger partial charge in [0.25, 0.3) is 0 Å². The molecule has 1 rings (SSSR count). The summed E-state index contributed by atoms with van der Waals surface area (Å²) in [6.07, 6.45) is -3.19. The van der Waals surface area contributed by atoms with E-state index < -0.39 is 24.5 Å². The highest BCUT2D eigenvalue weighted by molar-refractivity contribution is 5.81. The third-order valence-electron chi connectivity index (χ3n) is 2.54. The van der Waals surface area contributed by atoms with Crippen LogP contribution in [0.5, 0.6) is 0 Å². The molecule has 0 saturated heterocycles. The van der Waals surface area contributed by atoms with Crippen molar-refractivity contribution in [1.29, 1.82) is 0 Å². The standard InChI is InChI=1S/C10H17F3N2O/c1-7(14)9(16)15(6-8-2-3-8)5-4-10(11,12)13/h7-8H,2-6,14H2,1H3/t7-/m0/s1. The van der Waals surface area contributed by atoms with Crippen molar-refractivity contribution in [2.45, 2.75) is 38.4 Å². The summed E-state index contributed by atoms with van der Waals surface area (Å²) in [6, 6.07) is -0.730. The number of amides is 1. The van der Waals surface area contributed by atoms with Crippen molar-refractivity contribution >= 4 is 5.91 Å². The Morgan fingerprint density at radius 3 is 2.44 bits per heavy atom. The smallest absolute Gasteiger partial charge is 0.341 e. The van der Waals surface area contributed by atoms with Gasteiger partial charge < -0.3 is 10.6 Å². The number of carbonyl (C=O) groups excluding carboxylic acids is 1. The Morgan fingerprint density at radius 1 is 1.50 bits per heavy atom. The van der Waals surface area contributed by atoms with Gasteiger partial charge in [0.2, 0.25) is 5.91 Å². The highest BCUT2D eigenvalue weighted by Gasteiger charge is 2.32. The predicted octanol–water partition coefficient (Wildman–Crippen LogP) is 1.52. The molecule has 0 radical (unpaired) electrons. The van der Waals surface area contributed by atoms with Crippen LogP contribution in [0.2, 0.25) is 0 Å². The fraction of sp³-hybridized carbons (Fsp3) is 0.900. The molecular weight excluding hydrogens is 221 g/mol. The molecule has 0 spiro atoms. The van der Waals surface area contributed by atoms with Crippen molar-refractivity contribution in [1.82, 2.24) is 4.90 Å². The van der Waals surface area contributed by atoms with Crippen LogP contribution in [0.15, 0.2) is 0 Å². The molecule has 1 atom stereocenters. The van der Waals surface area contributed by atoms with Gasteiger partial charge in [-0.3, -0.25) is 4.79 Å². The lowest BCUT2D eigenvalue weighted by Crippen LogP contribution is -2.44. The summed E-state index contributed by atoms with van der Waals surface area (Å²) in [5.74, 6) is -0.0212. The van der Waals surface area contributed by atoms with Crippen molar-refractivity contribution in [2.75, 3.05) is 13.1 Å². The summed E-state index contributed by atoms with van der Waals surface area (Å²) >= 11 is 0. The van der Waals surface area contributed by atoms with E-state index >= 15 is 0 Å². The van der Waals surface area contributed by atoms with Crippen LogP contribution in [-0.2, 0) is 4.79 Å². The van der Waals surface area contributed by atoms with E-state index in [2.05, 4.69) is 0 Å². The molecule has 0 heterocycles. The number of rotatable bonds is 5. The Bertz CT molecular complexity index is 249.